The molecule has 3 atom stereocenters. The van der Waals surface area contributed by atoms with E-state index in [-0.39, 0.29) is 37.1 Å². The molecule has 3 heterocycles. The van der Waals surface area contributed by atoms with Gasteiger partial charge >= 0.3 is 0 Å². The molecule has 2 fully saturated rings. The van der Waals surface area contributed by atoms with E-state index in [9.17, 15) is 28.4 Å². The fraction of sp³-hybridized carbons (Fsp3) is 0.385. The summed E-state index contributed by atoms with van der Waals surface area (Å²) in [7, 11) is 0. The van der Waals surface area contributed by atoms with Crippen molar-refractivity contribution >= 4 is 40.5 Å². The van der Waals surface area contributed by atoms with Gasteiger partial charge in [-0.2, -0.15) is 0 Å². The molecular weight excluding hydrogens is 681 g/mol. The second-order valence-corrected chi connectivity index (χ2v) is 13.5. The SMILES string of the molecule is NCC(=O)N[C@@H](Cc1ccccc1)C(=O)NCC(=O)N[C@@H](Cc1ccccc1)C(=O)N1CCC[C@H]1C(=O)N1CCC(c2noc3cc(F)ccc23)CC1. The third kappa shape index (κ3) is 9.24. The van der Waals surface area contributed by atoms with Crippen LogP contribution >= 0.6 is 0 Å². The highest BCUT2D eigenvalue weighted by molar-refractivity contribution is 5.95. The van der Waals surface area contributed by atoms with Gasteiger partial charge in [-0.1, -0.05) is 65.8 Å². The Bertz CT molecular complexity index is 1920. The maximum absolute atomic E-state index is 14.2. The van der Waals surface area contributed by atoms with Crippen molar-refractivity contribution in [1.82, 2.24) is 30.9 Å². The van der Waals surface area contributed by atoms with E-state index in [0.717, 1.165) is 22.2 Å². The Kier molecular flexibility index (Phi) is 12.1. The Morgan fingerprint density at radius 2 is 1.47 bits per heavy atom. The number of likely N-dealkylation sites (tertiary alicyclic amines) is 2. The lowest BCUT2D eigenvalue weighted by molar-refractivity contribution is -0.146. The van der Waals surface area contributed by atoms with E-state index >= 15 is 0 Å². The van der Waals surface area contributed by atoms with Gasteiger partial charge < -0.3 is 36.0 Å². The summed E-state index contributed by atoms with van der Waals surface area (Å²) in [6.07, 6.45) is 2.80. The highest BCUT2D eigenvalue weighted by Crippen LogP contribution is 2.33. The van der Waals surface area contributed by atoms with Crippen molar-refractivity contribution in [3.63, 3.8) is 0 Å². The van der Waals surface area contributed by atoms with Crippen LogP contribution in [0.3, 0.4) is 0 Å². The number of nitrogens with one attached hydrogen (secondary N) is 3. The van der Waals surface area contributed by atoms with Crippen LogP contribution < -0.4 is 21.7 Å². The Hall–Kier alpha value is -5.63. The summed E-state index contributed by atoms with van der Waals surface area (Å²) in [5, 5.41) is 13.0. The molecule has 0 spiro atoms. The van der Waals surface area contributed by atoms with Crippen molar-refractivity contribution in [3.8, 4) is 0 Å². The number of carbonyl (C=O) groups excluding carboxylic acids is 5. The molecule has 6 rings (SSSR count). The third-order valence-electron chi connectivity index (χ3n) is 9.94. The number of nitrogens with zero attached hydrogens (tertiary/aromatic N) is 3. The van der Waals surface area contributed by atoms with Crippen molar-refractivity contribution in [3.05, 3.63) is 102 Å². The van der Waals surface area contributed by atoms with Crippen molar-refractivity contribution in [2.45, 2.75) is 62.6 Å². The first-order valence-corrected chi connectivity index (χ1v) is 18.0. The van der Waals surface area contributed by atoms with Gasteiger partial charge in [-0.05, 0) is 48.9 Å². The molecule has 0 unspecified atom stereocenters. The maximum Gasteiger partial charge on any atom is 0.246 e. The summed E-state index contributed by atoms with van der Waals surface area (Å²) in [4.78, 5) is 70.0. The van der Waals surface area contributed by atoms with Gasteiger partial charge in [-0.3, -0.25) is 24.0 Å². The lowest BCUT2D eigenvalue weighted by atomic mass is 9.91. The number of carbonyl (C=O) groups is 5. The molecule has 4 aromatic rings. The first kappa shape index (κ1) is 37.1. The molecule has 13 nitrogen and oxygen atoms in total. The topological polar surface area (TPSA) is 180 Å². The van der Waals surface area contributed by atoms with Gasteiger partial charge in [0.15, 0.2) is 5.58 Å². The van der Waals surface area contributed by atoms with Crippen molar-refractivity contribution < 1.29 is 32.9 Å². The molecule has 53 heavy (non-hydrogen) atoms. The summed E-state index contributed by atoms with van der Waals surface area (Å²) < 4.78 is 19.0. The van der Waals surface area contributed by atoms with E-state index in [1.807, 2.05) is 60.7 Å². The molecule has 14 heteroatoms. The van der Waals surface area contributed by atoms with Crippen molar-refractivity contribution in [2.75, 3.05) is 32.7 Å². The fourth-order valence-corrected chi connectivity index (χ4v) is 7.19. The molecule has 5 amide bonds. The monoisotopic (exact) mass is 725 g/mol. The number of aromatic nitrogens is 1. The molecule has 1 aromatic heterocycles. The van der Waals surface area contributed by atoms with Crippen LogP contribution in [0.25, 0.3) is 11.0 Å². The zero-order valence-electron chi connectivity index (χ0n) is 29.3. The largest absolute Gasteiger partial charge is 0.356 e. The van der Waals surface area contributed by atoms with Crippen LogP contribution in [0.4, 0.5) is 4.39 Å². The summed E-state index contributed by atoms with van der Waals surface area (Å²) in [6, 6.07) is 20.1. The minimum atomic E-state index is -0.997. The summed E-state index contributed by atoms with van der Waals surface area (Å²) in [5.41, 5.74) is 8.24. The second kappa shape index (κ2) is 17.3. The fourth-order valence-electron chi connectivity index (χ4n) is 7.19. The minimum absolute atomic E-state index is 0.0450. The molecule has 0 radical (unpaired) electrons. The first-order valence-electron chi connectivity index (χ1n) is 18.0. The van der Waals surface area contributed by atoms with E-state index in [4.69, 9.17) is 10.3 Å². The van der Waals surface area contributed by atoms with Crippen LogP contribution in [-0.2, 0) is 36.8 Å². The average Bonchev–Trinajstić information content (AvgIpc) is 3.84. The number of amides is 5. The normalized spacial score (nSPS) is 17.3. The van der Waals surface area contributed by atoms with Crippen LogP contribution in [0, 0.1) is 5.82 Å². The number of hydrogen-bond acceptors (Lipinski definition) is 8. The number of piperidine rings is 1. The Morgan fingerprint density at radius 3 is 2.13 bits per heavy atom. The van der Waals surface area contributed by atoms with E-state index in [2.05, 4.69) is 21.1 Å². The van der Waals surface area contributed by atoms with E-state index < -0.39 is 48.2 Å². The van der Waals surface area contributed by atoms with Gasteiger partial charge in [-0.15, -0.1) is 0 Å². The quantitative estimate of drug-likeness (QED) is 0.162. The standard InChI is InChI=1S/C39H44FN7O6/c40-28-13-14-29-33(22-28)53-45-36(29)27-15-18-46(19-16-27)39(52)32-12-7-17-47(32)38(51)31(21-26-10-5-2-6-11-26)44-35(49)24-42-37(50)30(43-34(48)23-41)20-25-8-3-1-4-9-25/h1-6,8-11,13-14,22,27,30-32H,7,12,15-21,23-24,41H2,(H,42,50)(H,43,48)(H,44,49)/t30-,31-,32-/m0/s1. The number of halogens is 1. The summed E-state index contributed by atoms with van der Waals surface area (Å²) in [6.45, 7) is 0.572. The second-order valence-electron chi connectivity index (χ2n) is 13.5. The summed E-state index contributed by atoms with van der Waals surface area (Å²) in [5.74, 6) is -2.55. The predicted molar refractivity (Wildman–Crippen MR) is 193 cm³/mol. The lowest BCUT2D eigenvalue weighted by Gasteiger charge is -2.36. The van der Waals surface area contributed by atoms with Crippen LogP contribution in [0.5, 0.6) is 0 Å². The number of benzene rings is 3. The van der Waals surface area contributed by atoms with Gasteiger partial charge in [0.2, 0.25) is 29.5 Å². The van der Waals surface area contributed by atoms with Crippen molar-refractivity contribution in [2.24, 2.45) is 5.73 Å². The molecule has 0 aliphatic carbocycles. The van der Waals surface area contributed by atoms with Crippen LogP contribution in [-0.4, -0.2) is 95.3 Å². The van der Waals surface area contributed by atoms with Gasteiger partial charge in [-0.25, -0.2) is 4.39 Å². The zero-order valence-corrected chi connectivity index (χ0v) is 29.3. The molecule has 278 valence electrons. The predicted octanol–water partition coefficient (Wildman–Crippen LogP) is 2.19. The molecule has 2 aliphatic heterocycles. The smallest absolute Gasteiger partial charge is 0.246 e. The third-order valence-corrected chi connectivity index (χ3v) is 9.94. The minimum Gasteiger partial charge on any atom is -0.356 e. The Morgan fingerprint density at radius 1 is 0.830 bits per heavy atom. The maximum atomic E-state index is 14.2. The molecule has 5 N–H and O–H groups in total. The molecule has 2 aliphatic rings. The number of fused-ring (bicyclic) bond motifs is 1. The van der Waals surface area contributed by atoms with Gasteiger partial charge in [0.1, 0.15) is 23.9 Å². The van der Waals surface area contributed by atoms with E-state index in [1.54, 1.807) is 15.9 Å². The van der Waals surface area contributed by atoms with Gasteiger partial charge in [0.25, 0.3) is 0 Å². The number of nitrogens with two attached hydrogens (primary N) is 1. The lowest BCUT2D eigenvalue weighted by Crippen LogP contribution is -2.56. The number of rotatable bonds is 13. The number of hydrogen-bond donors (Lipinski definition) is 4. The molecule has 0 bridgehead atoms. The molecule has 3 aromatic carbocycles. The Balaban J connectivity index is 1.09. The van der Waals surface area contributed by atoms with Crippen LogP contribution in [0.2, 0.25) is 0 Å². The summed E-state index contributed by atoms with van der Waals surface area (Å²) >= 11 is 0. The highest BCUT2D eigenvalue weighted by Gasteiger charge is 2.40. The first-order chi connectivity index (χ1) is 25.7. The average molecular weight is 726 g/mol. The van der Waals surface area contributed by atoms with E-state index in [0.29, 0.717) is 50.9 Å². The van der Waals surface area contributed by atoms with Gasteiger partial charge in [0.05, 0.1) is 18.8 Å². The van der Waals surface area contributed by atoms with Crippen LogP contribution in [0.1, 0.15) is 48.4 Å². The van der Waals surface area contributed by atoms with E-state index in [1.165, 1.54) is 12.1 Å². The molecular formula is C39H44FN7O6. The zero-order chi connectivity index (χ0) is 37.3. The Labute approximate surface area is 306 Å². The van der Waals surface area contributed by atoms with Gasteiger partial charge in [0, 0.05) is 49.8 Å². The molecule has 0 saturated carbocycles. The molecule has 2 saturated heterocycles. The van der Waals surface area contributed by atoms with Crippen molar-refractivity contribution in [1.29, 1.82) is 0 Å². The highest BCUT2D eigenvalue weighted by atomic mass is 19.1. The van der Waals surface area contributed by atoms with Crippen LogP contribution in [0.15, 0.2) is 83.4 Å².